The summed E-state index contributed by atoms with van der Waals surface area (Å²) in [5.41, 5.74) is 0.796. The Morgan fingerprint density at radius 3 is 3.06 bits per heavy atom. The van der Waals surface area contributed by atoms with Crippen LogP contribution >= 0.6 is 0 Å². The Bertz CT molecular complexity index is 402. The van der Waals surface area contributed by atoms with Gasteiger partial charge in [-0.15, -0.1) is 0 Å². The fourth-order valence-corrected chi connectivity index (χ4v) is 2.07. The molecule has 4 heteroatoms. The van der Waals surface area contributed by atoms with Gasteiger partial charge in [0, 0.05) is 6.54 Å². The Labute approximate surface area is 100 Å². The van der Waals surface area contributed by atoms with Crippen molar-refractivity contribution in [3.63, 3.8) is 0 Å². The quantitative estimate of drug-likeness (QED) is 0.837. The van der Waals surface area contributed by atoms with Crippen molar-refractivity contribution in [1.29, 1.82) is 0 Å². The van der Waals surface area contributed by atoms with E-state index in [2.05, 4.69) is 10.6 Å². The molecule has 0 bridgehead atoms. The second-order valence-electron chi connectivity index (χ2n) is 4.48. The van der Waals surface area contributed by atoms with E-state index in [-0.39, 0.29) is 23.7 Å². The first-order chi connectivity index (χ1) is 8.16. The summed E-state index contributed by atoms with van der Waals surface area (Å²) in [6.45, 7) is 3.50. The fraction of sp³-hybridized carbons (Fsp3) is 0.462. The van der Waals surface area contributed by atoms with E-state index in [1.165, 1.54) is 12.1 Å². The standard InChI is InChI=1S/C13H17FN2O/c1-9(10-3-2-4-12(14)7-10)16-13(17)11-5-6-15-8-11/h2-4,7,9,11,15H,5-6,8H2,1H3,(H,16,17)/t9-,11?/m1/s1. The molecule has 2 atom stereocenters. The molecule has 0 spiro atoms. The van der Waals surface area contributed by atoms with Crippen LogP contribution in [0.2, 0.25) is 0 Å². The molecule has 1 aromatic rings. The van der Waals surface area contributed by atoms with E-state index in [9.17, 15) is 9.18 Å². The molecule has 0 saturated carbocycles. The third kappa shape index (κ3) is 3.03. The molecular formula is C13H17FN2O. The number of hydrogen-bond acceptors (Lipinski definition) is 2. The largest absolute Gasteiger partial charge is 0.349 e. The van der Waals surface area contributed by atoms with Crippen LogP contribution < -0.4 is 10.6 Å². The van der Waals surface area contributed by atoms with E-state index in [0.717, 1.165) is 25.1 Å². The maximum Gasteiger partial charge on any atom is 0.224 e. The van der Waals surface area contributed by atoms with Gasteiger partial charge in [0.05, 0.1) is 12.0 Å². The lowest BCUT2D eigenvalue weighted by Crippen LogP contribution is -2.33. The minimum atomic E-state index is -0.272. The molecule has 1 fully saturated rings. The summed E-state index contributed by atoms with van der Waals surface area (Å²) < 4.78 is 13.0. The smallest absolute Gasteiger partial charge is 0.224 e. The average Bonchev–Trinajstić information content (AvgIpc) is 2.82. The Morgan fingerprint density at radius 2 is 2.41 bits per heavy atom. The summed E-state index contributed by atoms with van der Waals surface area (Å²) in [4.78, 5) is 11.9. The van der Waals surface area contributed by atoms with Crippen molar-refractivity contribution in [3.05, 3.63) is 35.6 Å². The number of carbonyl (C=O) groups excluding carboxylic acids is 1. The first-order valence-corrected chi connectivity index (χ1v) is 5.93. The van der Waals surface area contributed by atoms with Crippen LogP contribution in [-0.2, 0) is 4.79 Å². The maximum absolute atomic E-state index is 13.0. The lowest BCUT2D eigenvalue weighted by molar-refractivity contribution is -0.125. The van der Waals surface area contributed by atoms with Crippen LogP contribution in [0.25, 0.3) is 0 Å². The number of benzene rings is 1. The maximum atomic E-state index is 13.0. The zero-order chi connectivity index (χ0) is 12.3. The lowest BCUT2D eigenvalue weighted by Gasteiger charge is -2.17. The van der Waals surface area contributed by atoms with Crippen molar-refractivity contribution < 1.29 is 9.18 Å². The number of rotatable bonds is 3. The predicted octanol–water partition coefficient (Wildman–Crippen LogP) is 1.61. The first-order valence-electron chi connectivity index (χ1n) is 5.93. The molecule has 3 nitrogen and oxygen atoms in total. The Kier molecular flexibility index (Phi) is 3.74. The van der Waals surface area contributed by atoms with Crippen molar-refractivity contribution in [2.75, 3.05) is 13.1 Å². The topological polar surface area (TPSA) is 41.1 Å². The molecule has 0 aromatic heterocycles. The van der Waals surface area contributed by atoms with Crippen LogP contribution in [-0.4, -0.2) is 19.0 Å². The summed E-state index contributed by atoms with van der Waals surface area (Å²) in [7, 11) is 0. The molecule has 1 aliphatic heterocycles. The van der Waals surface area contributed by atoms with Crippen LogP contribution in [0.4, 0.5) is 4.39 Å². The lowest BCUT2D eigenvalue weighted by atomic mass is 10.1. The average molecular weight is 236 g/mol. The van der Waals surface area contributed by atoms with E-state index in [4.69, 9.17) is 0 Å². The molecule has 2 N–H and O–H groups in total. The zero-order valence-electron chi connectivity index (χ0n) is 9.87. The Balaban J connectivity index is 1.96. The summed E-state index contributed by atoms with van der Waals surface area (Å²) in [5.74, 6) is -0.177. The Morgan fingerprint density at radius 1 is 1.59 bits per heavy atom. The molecule has 2 rings (SSSR count). The minimum Gasteiger partial charge on any atom is -0.349 e. The van der Waals surface area contributed by atoms with Crippen LogP contribution in [0.5, 0.6) is 0 Å². The highest BCUT2D eigenvalue weighted by Gasteiger charge is 2.23. The van der Waals surface area contributed by atoms with Crippen molar-refractivity contribution in [1.82, 2.24) is 10.6 Å². The second kappa shape index (κ2) is 5.27. The molecular weight excluding hydrogens is 219 g/mol. The van der Waals surface area contributed by atoms with Crippen LogP contribution in [0.15, 0.2) is 24.3 Å². The Hall–Kier alpha value is -1.42. The van der Waals surface area contributed by atoms with Gasteiger partial charge in [0.15, 0.2) is 0 Å². The molecule has 1 heterocycles. The minimum absolute atomic E-state index is 0.0472. The summed E-state index contributed by atoms with van der Waals surface area (Å²) in [6, 6.07) is 6.18. The van der Waals surface area contributed by atoms with Gasteiger partial charge in [-0.25, -0.2) is 4.39 Å². The first kappa shape index (κ1) is 12.0. The highest BCUT2D eigenvalue weighted by molar-refractivity contribution is 5.79. The van der Waals surface area contributed by atoms with Crippen molar-refractivity contribution in [3.8, 4) is 0 Å². The molecule has 92 valence electrons. The zero-order valence-corrected chi connectivity index (χ0v) is 9.87. The number of carbonyl (C=O) groups is 1. The molecule has 0 radical (unpaired) electrons. The van der Waals surface area contributed by atoms with Gasteiger partial charge in [-0.2, -0.15) is 0 Å². The molecule has 1 unspecified atom stereocenters. The highest BCUT2D eigenvalue weighted by Crippen LogP contribution is 2.15. The normalized spacial score (nSPS) is 21.2. The van der Waals surface area contributed by atoms with Gasteiger partial charge in [-0.3, -0.25) is 4.79 Å². The van der Waals surface area contributed by atoms with Gasteiger partial charge in [-0.1, -0.05) is 12.1 Å². The third-order valence-corrected chi connectivity index (χ3v) is 3.14. The van der Waals surface area contributed by atoms with Gasteiger partial charge in [0.2, 0.25) is 5.91 Å². The van der Waals surface area contributed by atoms with Gasteiger partial charge < -0.3 is 10.6 Å². The molecule has 17 heavy (non-hydrogen) atoms. The summed E-state index contributed by atoms with van der Waals surface area (Å²) >= 11 is 0. The van der Waals surface area contributed by atoms with E-state index >= 15 is 0 Å². The monoisotopic (exact) mass is 236 g/mol. The second-order valence-corrected chi connectivity index (χ2v) is 4.48. The van der Waals surface area contributed by atoms with E-state index in [1.807, 2.05) is 13.0 Å². The van der Waals surface area contributed by atoms with Crippen molar-refractivity contribution >= 4 is 5.91 Å². The van der Waals surface area contributed by atoms with Gasteiger partial charge >= 0.3 is 0 Å². The van der Waals surface area contributed by atoms with E-state index in [0.29, 0.717) is 0 Å². The number of nitrogens with one attached hydrogen (secondary N) is 2. The van der Waals surface area contributed by atoms with E-state index in [1.54, 1.807) is 6.07 Å². The summed E-state index contributed by atoms with van der Waals surface area (Å²) in [5, 5.41) is 6.07. The molecule has 1 aliphatic rings. The number of amides is 1. The van der Waals surface area contributed by atoms with Gasteiger partial charge in [0.25, 0.3) is 0 Å². The summed E-state index contributed by atoms with van der Waals surface area (Å²) in [6.07, 6.45) is 0.877. The molecule has 1 amide bonds. The van der Waals surface area contributed by atoms with Gasteiger partial charge in [0.1, 0.15) is 5.82 Å². The molecule has 1 aromatic carbocycles. The number of halogens is 1. The van der Waals surface area contributed by atoms with Gasteiger partial charge in [-0.05, 0) is 37.6 Å². The van der Waals surface area contributed by atoms with Crippen molar-refractivity contribution in [2.45, 2.75) is 19.4 Å². The fourth-order valence-electron chi connectivity index (χ4n) is 2.07. The third-order valence-electron chi connectivity index (χ3n) is 3.14. The van der Waals surface area contributed by atoms with Crippen LogP contribution in [0.1, 0.15) is 24.9 Å². The molecule has 1 saturated heterocycles. The predicted molar refractivity (Wildman–Crippen MR) is 63.9 cm³/mol. The van der Waals surface area contributed by atoms with Crippen molar-refractivity contribution in [2.24, 2.45) is 5.92 Å². The van der Waals surface area contributed by atoms with Crippen LogP contribution in [0, 0.1) is 11.7 Å². The number of hydrogen-bond donors (Lipinski definition) is 2. The van der Waals surface area contributed by atoms with Crippen LogP contribution in [0.3, 0.4) is 0 Å². The SMILES string of the molecule is C[C@@H](NC(=O)C1CCNC1)c1cccc(F)c1. The highest BCUT2D eigenvalue weighted by atomic mass is 19.1. The molecule has 0 aliphatic carbocycles. The van der Waals surface area contributed by atoms with E-state index < -0.39 is 0 Å².